The average Bonchev–Trinajstić information content (AvgIpc) is 2.26. The Morgan fingerprint density at radius 2 is 2.10 bits per heavy atom. The molecule has 0 aliphatic heterocycles. The molecule has 0 radical (unpaired) electrons. The van der Waals surface area contributed by atoms with E-state index >= 15 is 0 Å². The first kappa shape index (κ1) is 16.1. The fourth-order valence-electron chi connectivity index (χ4n) is 1.30. The van der Waals surface area contributed by atoms with Crippen LogP contribution in [-0.2, 0) is 10.0 Å². The average molecular weight is 304 g/mol. The second-order valence-electron chi connectivity index (χ2n) is 4.14. The van der Waals surface area contributed by atoms with Gasteiger partial charge in [0.25, 0.3) is 0 Å². The van der Waals surface area contributed by atoms with Crippen LogP contribution in [0.3, 0.4) is 0 Å². The van der Waals surface area contributed by atoms with Crippen molar-refractivity contribution in [1.29, 1.82) is 0 Å². The summed E-state index contributed by atoms with van der Waals surface area (Å²) in [6.07, 6.45) is 1.63. The minimum absolute atomic E-state index is 0.00264. The van der Waals surface area contributed by atoms with Crippen LogP contribution in [0, 0.1) is 15.9 Å². The van der Waals surface area contributed by atoms with Crippen molar-refractivity contribution >= 4 is 15.7 Å². The van der Waals surface area contributed by atoms with E-state index in [4.69, 9.17) is 9.88 Å². The fourth-order valence-corrected chi connectivity index (χ4v) is 1.91. The molecule has 0 aliphatic rings. The number of nitro groups is 1. The summed E-state index contributed by atoms with van der Waals surface area (Å²) in [5, 5.41) is 15.6. The molecule has 1 aromatic carbocycles. The predicted molar refractivity (Wildman–Crippen MR) is 69.4 cm³/mol. The van der Waals surface area contributed by atoms with Gasteiger partial charge in [0, 0.05) is 12.1 Å². The molecule has 7 nitrogen and oxygen atoms in total. The number of primary sulfonamides is 1. The van der Waals surface area contributed by atoms with Crippen LogP contribution in [0.15, 0.2) is 28.7 Å². The largest absolute Gasteiger partial charge is 0.483 e. The molecule has 0 aliphatic carbocycles. The summed E-state index contributed by atoms with van der Waals surface area (Å²) in [7, 11) is -4.39. The lowest BCUT2D eigenvalue weighted by atomic mass is 10.3. The van der Waals surface area contributed by atoms with Gasteiger partial charge in [0.05, 0.1) is 4.92 Å². The first-order valence-corrected chi connectivity index (χ1v) is 6.94. The Bertz CT molecular complexity index is 666. The van der Waals surface area contributed by atoms with Crippen molar-refractivity contribution in [2.45, 2.75) is 18.7 Å². The van der Waals surface area contributed by atoms with Crippen molar-refractivity contribution in [1.82, 2.24) is 0 Å². The summed E-state index contributed by atoms with van der Waals surface area (Å²) < 4.78 is 40.9. The SMILES string of the molecule is CC(C)=CCOc1cc(F)c(S(N)(=O)=O)cc1[N+](=O)[O-]. The zero-order valence-electron chi connectivity index (χ0n) is 10.8. The maximum Gasteiger partial charge on any atom is 0.312 e. The molecule has 0 aromatic heterocycles. The van der Waals surface area contributed by atoms with Gasteiger partial charge in [-0.05, 0) is 19.9 Å². The van der Waals surface area contributed by atoms with Crippen molar-refractivity contribution in [2.75, 3.05) is 6.61 Å². The first-order valence-electron chi connectivity index (χ1n) is 5.40. The summed E-state index contributed by atoms with van der Waals surface area (Å²) in [6, 6.07) is 1.18. The highest BCUT2D eigenvalue weighted by molar-refractivity contribution is 7.89. The zero-order chi connectivity index (χ0) is 15.5. The molecule has 0 saturated carbocycles. The predicted octanol–water partition coefficient (Wildman–Crippen LogP) is 1.73. The van der Waals surface area contributed by atoms with Gasteiger partial charge in [-0.1, -0.05) is 5.57 Å². The maximum atomic E-state index is 13.6. The van der Waals surface area contributed by atoms with E-state index in [0.29, 0.717) is 12.1 Å². The van der Waals surface area contributed by atoms with Gasteiger partial charge in [-0.25, -0.2) is 17.9 Å². The van der Waals surface area contributed by atoms with Crippen molar-refractivity contribution < 1.29 is 22.5 Å². The Balaban J connectivity index is 3.29. The lowest BCUT2D eigenvalue weighted by Gasteiger charge is -2.07. The monoisotopic (exact) mass is 304 g/mol. The van der Waals surface area contributed by atoms with Crippen molar-refractivity contribution in [3.8, 4) is 5.75 Å². The lowest BCUT2D eigenvalue weighted by molar-refractivity contribution is -0.386. The second kappa shape index (κ2) is 5.97. The quantitative estimate of drug-likeness (QED) is 0.505. The molecule has 0 bridgehead atoms. The van der Waals surface area contributed by atoms with Crippen LogP contribution in [0.25, 0.3) is 0 Å². The Morgan fingerprint density at radius 1 is 1.50 bits per heavy atom. The Labute approximate surface area is 115 Å². The molecule has 110 valence electrons. The molecule has 0 heterocycles. The van der Waals surface area contributed by atoms with Crippen molar-refractivity contribution in [3.63, 3.8) is 0 Å². The van der Waals surface area contributed by atoms with Crippen LogP contribution in [0.4, 0.5) is 10.1 Å². The zero-order valence-corrected chi connectivity index (χ0v) is 11.6. The number of ether oxygens (including phenoxy) is 1. The number of benzene rings is 1. The number of allylic oxidation sites excluding steroid dienone is 1. The Kier molecular flexibility index (Phi) is 4.79. The number of rotatable bonds is 5. The third-order valence-corrected chi connectivity index (χ3v) is 3.17. The summed E-state index contributed by atoms with van der Waals surface area (Å²) >= 11 is 0. The van der Waals surface area contributed by atoms with E-state index in [1.807, 2.05) is 0 Å². The van der Waals surface area contributed by atoms with E-state index in [1.54, 1.807) is 19.9 Å². The summed E-state index contributed by atoms with van der Waals surface area (Å²) in [5.41, 5.74) is 0.242. The summed E-state index contributed by atoms with van der Waals surface area (Å²) in [5.74, 6) is -1.57. The normalized spacial score (nSPS) is 11.0. The third kappa shape index (κ3) is 4.00. The molecule has 1 rings (SSSR count). The van der Waals surface area contributed by atoms with E-state index in [-0.39, 0.29) is 12.4 Å². The van der Waals surface area contributed by atoms with E-state index in [0.717, 1.165) is 5.57 Å². The molecule has 0 unspecified atom stereocenters. The number of nitrogens with two attached hydrogens (primary N) is 1. The molecule has 9 heteroatoms. The van der Waals surface area contributed by atoms with Crippen LogP contribution in [-0.4, -0.2) is 19.9 Å². The van der Waals surface area contributed by atoms with Gasteiger partial charge in [0.1, 0.15) is 17.3 Å². The van der Waals surface area contributed by atoms with Crippen LogP contribution in [0.1, 0.15) is 13.8 Å². The molecule has 0 fully saturated rings. The number of hydrogen-bond acceptors (Lipinski definition) is 5. The lowest BCUT2D eigenvalue weighted by Crippen LogP contribution is -2.15. The standard InChI is InChI=1S/C11H13FN2O5S/c1-7(2)3-4-19-10-5-8(12)11(20(13,17)18)6-9(10)14(15)16/h3,5-6H,4H2,1-2H3,(H2,13,17,18). The molecule has 20 heavy (non-hydrogen) atoms. The second-order valence-corrected chi connectivity index (χ2v) is 5.67. The van der Waals surface area contributed by atoms with Crippen LogP contribution >= 0.6 is 0 Å². The molecule has 0 spiro atoms. The Hall–Kier alpha value is -2.00. The maximum absolute atomic E-state index is 13.6. The highest BCUT2D eigenvalue weighted by Gasteiger charge is 2.24. The first-order chi connectivity index (χ1) is 9.12. The molecule has 2 N–H and O–H groups in total. The minimum Gasteiger partial charge on any atom is -0.483 e. The van der Waals surface area contributed by atoms with Crippen LogP contribution in [0.5, 0.6) is 5.75 Å². The molecular weight excluding hydrogens is 291 g/mol. The van der Waals surface area contributed by atoms with E-state index in [2.05, 4.69) is 0 Å². The number of nitro benzene ring substituents is 1. The third-order valence-electron chi connectivity index (χ3n) is 2.25. The van der Waals surface area contributed by atoms with Crippen LogP contribution < -0.4 is 9.88 Å². The fraction of sp³-hybridized carbons (Fsp3) is 0.273. The minimum atomic E-state index is -4.39. The highest BCUT2D eigenvalue weighted by atomic mass is 32.2. The van der Waals surface area contributed by atoms with Crippen molar-refractivity contribution in [2.24, 2.45) is 5.14 Å². The molecular formula is C11H13FN2O5S. The number of nitrogens with zero attached hydrogens (tertiary/aromatic N) is 1. The van der Waals surface area contributed by atoms with Gasteiger partial charge < -0.3 is 4.74 Å². The van der Waals surface area contributed by atoms with Gasteiger partial charge in [0.15, 0.2) is 5.75 Å². The highest BCUT2D eigenvalue weighted by Crippen LogP contribution is 2.31. The smallest absolute Gasteiger partial charge is 0.312 e. The summed E-state index contributed by atoms with van der Waals surface area (Å²) in [6.45, 7) is 3.59. The van der Waals surface area contributed by atoms with Gasteiger partial charge in [-0.15, -0.1) is 0 Å². The molecule has 0 amide bonds. The molecule has 0 saturated heterocycles. The number of hydrogen-bond donors (Lipinski definition) is 1. The molecule has 1 aromatic rings. The van der Waals surface area contributed by atoms with Gasteiger partial charge in [0.2, 0.25) is 10.0 Å². The van der Waals surface area contributed by atoms with Crippen molar-refractivity contribution in [3.05, 3.63) is 39.7 Å². The number of sulfonamides is 1. The number of halogens is 1. The van der Waals surface area contributed by atoms with Gasteiger partial charge in [-0.2, -0.15) is 0 Å². The molecule has 0 atom stereocenters. The van der Waals surface area contributed by atoms with E-state index < -0.39 is 31.3 Å². The van der Waals surface area contributed by atoms with Crippen LogP contribution in [0.2, 0.25) is 0 Å². The van der Waals surface area contributed by atoms with Gasteiger partial charge in [-0.3, -0.25) is 10.1 Å². The van der Waals surface area contributed by atoms with Gasteiger partial charge >= 0.3 is 5.69 Å². The topological polar surface area (TPSA) is 113 Å². The van der Waals surface area contributed by atoms with E-state index in [9.17, 15) is 22.9 Å². The Morgan fingerprint density at radius 3 is 2.55 bits per heavy atom. The van der Waals surface area contributed by atoms with E-state index in [1.165, 1.54) is 0 Å². The summed E-state index contributed by atoms with van der Waals surface area (Å²) in [4.78, 5) is 9.05.